The number of likely N-dealkylation sites (tertiary alicyclic amines) is 1. The second-order valence-electron chi connectivity index (χ2n) is 9.42. The Morgan fingerprint density at radius 3 is 2.45 bits per heavy atom. The molecule has 0 unspecified atom stereocenters. The first-order chi connectivity index (χ1) is 18.3. The standard InChI is InChI=1S/C28H35N3O7/c1-5-38-20-9-7-19(8-10-20)24-22(25(32)21-17(2)23(28(35)36-4)29-18(21)3)26(33)27(34)31(24)12-6-11-30-13-15-37-16-14-30/h7-10,24,29,32H,5-6,11-16H2,1-4H3/b25-22+/t24-/m0/s1. The van der Waals surface area contributed by atoms with Crippen molar-refractivity contribution >= 4 is 23.4 Å². The number of aromatic nitrogens is 1. The number of H-pyrrole nitrogens is 1. The maximum atomic E-state index is 13.4. The molecule has 2 aromatic rings. The van der Waals surface area contributed by atoms with E-state index in [1.807, 2.05) is 6.92 Å². The maximum absolute atomic E-state index is 13.4. The van der Waals surface area contributed by atoms with Crippen LogP contribution in [0.1, 0.15) is 52.3 Å². The molecule has 10 nitrogen and oxygen atoms in total. The van der Waals surface area contributed by atoms with Gasteiger partial charge in [-0.15, -0.1) is 0 Å². The van der Waals surface area contributed by atoms with Gasteiger partial charge in [0, 0.05) is 37.4 Å². The van der Waals surface area contributed by atoms with Gasteiger partial charge in [0.25, 0.3) is 11.7 Å². The zero-order valence-electron chi connectivity index (χ0n) is 22.3. The summed E-state index contributed by atoms with van der Waals surface area (Å²) in [5.74, 6) is -1.66. The number of carbonyl (C=O) groups is 3. The molecular formula is C28H35N3O7. The molecular weight excluding hydrogens is 490 g/mol. The number of rotatable bonds is 9. The Kier molecular flexibility index (Phi) is 8.53. The molecule has 0 bridgehead atoms. The average molecular weight is 526 g/mol. The molecule has 2 aliphatic rings. The number of ether oxygens (including phenoxy) is 3. The van der Waals surface area contributed by atoms with E-state index < -0.39 is 23.7 Å². The summed E-state index contributed by atoms with van der Waals surface area (Å²) >= 11 is 0. The zero-order chi connectivity index (χ0) is 27.4. The Morgan fingerprint density at radius 1 is 1.13 bits per heavy atom. The summed E-state index contributed by atoms with van der Waals surface area (Å²) in [6, 6.07) is 6.40. The summed E-state index contributed by atoms with van der Waals surface area (Å²) in [6.45, 7) is 9.88. The van der Waals surface area contributed by atoms with Gasteiger partial charge in [-0.05, 0) is 50.5 Å². The van der Waals surface area contributed by atoms with E-state index >= 15 is 0 Å². The third-order valence-corrected chi connectivity index (χ3v) is 7.09. The Morgan fingerprint density at radius 2 is 1.82 bits per heavy atom. The minimum atomic E-state index is -0.786. The van der Waals surface area contributed by atoms with E-state index in [4.69, 9.17) is 14.2 Å². The second-order valence-corrected chi connectivity index (χ2v) is 9.42. The first-order valence-electron chi connectivity index (χ1n) is 12.9. The van der Waals surface area contributed by atoms with E-state index in [0.717, 1.165) is 19.6 Å². The van der Waals surface area contributed by atoms with Crippen molar-refractivity contribution in [2.75, 3.05) is 53.1 Å². The molecule has 2 N–H and O–H groups in total. The quantitative estimate of drug-likeness (QED) is 0.222. The van der Waals surface area contributed by atoms with Crippen molar-refractivity contribution in [1.29, 1.82) is 0 Å². The summed E-state index contributed by atoms with van der Waals surface area (Å²) in [4.78, 5) is 45.7. The Hall–Kier alpha value is -3.63. The van der Waals surface area contributed by atoms with Gasteiger partial charge in [0.05, 0.1) is 38.5 Å². The monoisotopic (exact) mass is 525 g/mol. The number of hydrogen-bond donors (Lipinski definition) is 2. The highest BCUT2D eigenvalue weighted by Gasteiger charge is 2.46. The van der Waals surface area contributed by atoms with Crippen LogP contribution < -0.4 is 4.74 Å². The largest absolute Gasteiger partial charge is 0.507 e. The minimum absolute atomic E-state index is 0.00727. The summed E-state index contributed by atoms with van der Waals surface area (Å²) < 4.78 is 15.8. The van der Waals surface area contributed by atoms with E-state index in [1.165, 1.54) is 12.0 Å². The summed E-state index contributed by atoms with van der Waals surface area (Å²) in [5, 5.41) is 11.5. The second kappa shape index (κ2) is 11.8. The van der Waals surface area contributed by atoms with Crippen molar-refractivity contribution in [3.8, 4) is 5.75 Å². The third-order valence-electron chi connectivity index (χ3n) is 7.09. The number of nitrogens with one attached hydrogen (secondary N) is 1. The predicted octanol–water partition coefficient (Wildman–Crippen LogP) is 2.96. The number of benzene rings is 1. The lowest BCUT2D eigenvalue weighted by Gasteiger charge is -2.29. The fourth-order valence-corrected chi connectivity index (χ4v) is 5.21. The van der Waals surface area contributed by atoms with Gasteiger partial charge >= 0.3 is 5.97 Å². The highest BCUT2D eigenvalue weighted by Crippen LogP contribution is 2.41. The van der Waals surface area contributed by atoms with E-state index in [1.54, 1.807) is 38.1 Å². The molecule has 2 aliphatic heterocycles. The van der Waals surface area contributed by atoms with Crippen LogP contribution in [-0.4, -0.2) is 90.7 Å². The van der Waals surface area contributed by atoms with Crippen molar-refractivity contribution in [3.63, 3.8) is 0 Å². The number of esters is 1. The number of carbonyl (C=O) groups excluding carboxylic acids is 3. The van der Waals surface area contributed by atoms with Crippen molar-refractivity contribution < 1.29 is 33.7 Å². The fraction of sp³-hybridized carbons (Fsp3) is 0.464. The zero-order valence-corrected chi connectivity index (χ0v) is 22.3. The summed E-state index contributed by atoms with van der Waals surface area (Å²) in [5.41, 5.74) is 2.10. The Balaban J connectivity index is 1.74. The molecule has 2 fully saturated rings. The number of aliphatic hydroxyl groups is 1. The van der Waals surface area contributed by atoms with Crippen LogP contribution in [0.2, 0.25) is 0 Å². The number of aromatic amines is 1. The first kappa shape index (κ1) is 27.4. The molecule has 3 heterocycles. The lowest BCUT2D eigenvalue weighted by atomic mass is 9.94. The van der Waals surface area contributed by atoms with E-state index in [0.29, 0.717) is 60.9 Å². The lowest BCUT2D eigenvalue weighted by Crippen LogP contribution is -2.38. The number of aryl methyl sites for hydroxylation is 1. The fourth-order valence-electron chi connectivity index (χ4n) is 5.21. The van der Waals surface area contributed by atoms with Crippen LogP contribution in [0.4, 0.5) is 0 Å². The van der Waals surface area contributed by atoms with Crippen molar-refractivity contribution in [2.45, 2.75) is 33.2 Å². The highest BCUT2D eigenvalue weighted by atomic mass is 16.5. The molecule has 1 aromatic carbocycles. The number of aliphatic hydroxyl groups excluding tert-OH is 1. The van der Waals surface area contributed by atoms with Crippen LogP contribution >= 0.6 is 0 Å². The number of ketones is 1. The van der Waals surface area contributed by atoms with E-state index in [2.05, 4.69) is 9.88 Å². The molecule has 1 aromatic heterocycles. The molecule has 38 heavy (non-hydrogen) atoms. The van der Waals surface area contributed by atoms with Gasteiger partial charge in [-0.25, -0.2) is 4.79 Å². The van der Waals surface area contributed by atoms with Gasteiger partial charge in [-0.3, -0.25) is 14.5 Å². The first-order valence-corrected chi connectivity index (χ1v) is 12.9. The highest BCUT2D eigenvalue weighted by molar-refractivity contribution is 6.46. The van der Waals surface area contributed by atoms with Gasteiger partial charge in [0.1, 0.15) is 17.2 Å². The molecule has 0 radical (unpaired) electrons. The molecule has 0 aliphatic carbocycles. The van der Waals surface area contributed by atoms with Crippen molar-refractivity contribution in [3.05, 3.63) is 57.9 Å². The third kappa shape index (κ3) is 5.32. The van der Waals surface area contributed by atoms with Gasteiger partial charge in [0.15, 0.2) is 0 Å². The molecule has 2 saturated heterocycles. The lowest BCUT2D eigenvalue weighted by molar-refractivity contribution is -0.140. The van der Waals surface area contributed by atoms with Gasteiger partial charge in [-0.2, -0.15) is 0 Å². The number of morpholine rings is 1. The van der Waals surface area contributed by atoms with Crippen LogP contribution in [0.3, 0.4) is 0 Å². The number of nitrogens with zero attached hydrogens (tertiary/aromatic N) is 2. The number of methoxy groups -OCH3 is 1. The predicted molar refractivity (Wildman–Crippen MR) is 140 cm³/mol. The van der Waals surface area contributed by atoms with E-state index in [9.17, 15) is 19.5 Å². The van der Waals surface area contributed by atoms with Crippen LogP contribution in [-0.2, 0) is 19.1 Å². The normalized spacial score (nSPS) is 19.7. The van der Waals surface area contributed by atoms with Crippen LogP contribution in [0.25, 0.3) is 5.76 Å². The maximum Gasteiger partial charge on any atom is 0.354 e. The van der Waals surface area contributed by atoms with E-state index in [-0.39, 0.29) is 17.0 Å². The molecule has 0 saturated carbocycles. The molecule has 1 amide bonds. The van der Waals surface area contributed by atoms with Gasteiger partial charge in [-0.1, -0.05) is 12.1 Å². The molecule has 204 valence electrons. The Bertz CT molecular complexity index is 1230. The smallest absolute Gasteiger partial charge is 0.354 e. The van der Waals surface area contributed by atoms with Crippen LogP contribution in [0.5, 0.6) is 5.75 Å². The van der Waals surface area contributed by atoms with Gasteiger partial charge < -0.3 is 29.2 Å². The SMILES string of the molecule is CCOc1ccc([C@H]2/C(=C(\O)c3c(C)[nH]c(C(=O)OC)c3C)C(=O)C(=O)N2CCCN2CCOCC2)cc1. The van der Waals surface area contributed by atoms with Crippen molar-refractivity contribution in [1.82, 2.24) is 14.8 Å². The summed E-state index contributed by atoms with van der Waals surface area (Å²) in [7, 11) is 1.27. The molecule has 10 heteroatoms. The molecule has 0 spiro atoms. The number of amides is 1. The average Bonchev–Trinajstić information content (AvgIpc) is 3.36. The van der Waals surface area contributed by atoms with Gasteiger partial charge in [0.2, 0.25) is 0 Å². The van der Waals surface area contributed by atoms with Crippen molar-refractivity contribution in [2.24, 2.45) is 0 Å². The Labute approximate surface area is 222 Å². The topological polar surface area (TPSA) is 121 Å². The minimum Gasteiger partial charge on any atom is -0.507 e. The molecule has 1 atom stereocenters. The number of Topliss-reactive ketones (excluding diaryl/α,β-unsaturated/α-hetero) is 1. The van der Waals surface area contributed by atoms with Crippen LogP contribution in [0.15, 0.2) is 29.8 Å². The number of hydrogen-bond acceptors (Lipinski definition) is 8. The summed E-state index contributed by atoms with van der Waals surface area (Å²) in [6.07, 6.45) is 0.662. The van der Waals surface area contributed by atoms with Crippen LogP contribution in [0, 0.1) is 13.8 Å². The molecule has 4 rings (SSSR count).